The van der Waals surface area contributed by atoms with Crippen LogP contribution in [0.3, 0.4) is 0 Å². The molecule has 0 bridgehead atoms. The SMILES string of the molecule is CC[C@H](C)NC(=O)CC(C)=O. The van der Waals surface area contributed by atoms with Crippen molar-refractivity contribution >= 4 is 11.7 Å². The molecule has 0 radical (unpaired) electrons. The summed E-state index contributed by atoms with van der Waals surface area (Å²) in [7, 11) is 0. The Morgan fingerprint density at radius 3 is 2.36 bits per heavy atom. The van der Waals surface area contributed by atoms with Gasteiger partial charge in [0.2, 0.25) is 5.91 Å². The Bertz CT molecular complexity index is 154. The summed E-state index contributed by atoms with van der Waals surface area (Å²) in [6, 6.07) is 0.168. The molecule has 0 spiro atoms. The van der Waals surface area contributed by atoms with Crippen molar-refractivity contribution in [2.45, 2.75) is 39.7 Å². The maximum absolute atomic E-state index is 10.9. The van der Waals surface area contributed by atoms with Gasteiger partial charge in [0.1, 0.15) is 5.78 Å². The zero-order chi connectivity index (χ0) is 8.85. The van der Waals surface area contributed by atoms with Crippen LogP contribution >= 0.6 is 0 Å². The molecule has 0 saturated heterocycles. The van der Waals surface area contributed by atoms with Crippen LogP contribution < -0.4 is 5.32 Å². The van der Waals surface area contributed by atoms with Crippen molar-refractivity contribution in [3.63, 3.8) is 0 Å². The molecule has 0 aromatic carbocycles. The number of amides is 1. The van der Waals surface area contributed by atoms with E-state index in [1.165, 1.54) is 6.92 Å². The Labute approximate surface area is 67.2 Å². The molecular formula is C8H15NO2. The van der Waals surface area contributed by atoms with Gasteiger partial charge in [-0.3, -0.25) is 9.59 Å². The molecular weight excluding hydrogens is 142 g/mol. The average Bonchev–Trinajstić information content (AvgIpc) is 1.85. The molecule has 11 heavy (non-hydrogen) atoms. The molecule has 1 atom stereocenters. The molecule has 1 amide bonds. The Morgan fingerprint density at radius 2 is 2.00 bits per heavy atom. The van der Waals surface area contributed by atoms with Crippen molar-refractivity contribution in [1.29, 1.82) is 0 Å². The summed E-state index contributed by atoms with van der Waals surface area (Å²) in [6.07, 6.45) is 0.897. The van der Waals surface area contributed by atoms with Crippen LogP contribution in [0.5, 0.6) is 0 Å². The first-order valence-corrected chi connectivity index (χ1v) is 3.85. The van der Waals surface area contributed by atoms with Crippen molar-refractivity contribution in [2.24, 2.45) is 0 Å². The van der Waals surface area contributed by atoms with Crippen molar-refractivity contribution < 1.29 is 9.59 Å². The molecule has 0 fully saturated rings. The standard InChI is InChI=1S/C8H15NO2/c1-4-6(2)9-8(11)5-7(3)10/h6H,4-5H2,1-3H3,(H,9,11)/t6-/m0/s1. The van der Waals surface area contributed by atoms with E-state index in [1.807, 2.05) is 13.8 Å². The summed E-state index contributed by atoms with van der Waals surface area (Å²) in [5.74, 6) is -0.266. The number of carbonyl (C=O) groups excluding carboxylic acids is 2. The quantitative estimate of drug-likeness (QED) is 0.616. The largest absolute Gasteiger partial charge is 0.353 e. The molecule has 0 rings (SSSR count). The number of hydrogen-bond acceptors (Lipinski definition) is 2. The Hall–Kier alpha value is -0.860. The Morgan fingerprint density at radius 1 is 1.45 bits per heavy atom. The lowest BCUT2D eigenvalue weighted by Crippen LogP contribution is -2.32. The van der Waals surface area contributed by atoms with Crippen LogP contribution in [-0.2, 0) is 9.59 Å². The van der Waals surface area contributed by atoms with Gasteiger partial charge in [-0.1, -0.05) is 6.92 Å². The van der Waals surface area contributed by atoms with Crippen molar-refractivity contribution in [2.75, 3.05) is 0 Å². The Balaban J connectivity index is 3.60. The fraction of sp³-hybridized carbons (Fsp3) is 0.750. The van der Waals surface area contributed by atoms with E-state index in [4.69, 9.17) is 0 Å². The fourth-order valence-corrected chi connectivity index (χ4v) is 0.654. The highest BCUT2D eigenvalue weighted by molar-refractivity contribution is 5.96. The van der Waals surface area contributed by atoms with Gasteiger partial charge >= 0.3 is 0 Å². The summed E-state index contributed by atoms with van der Waals surface area (Å²) in [6.45, 7) is 5.31. The lowest BCUT2D eigenvalue weighted by molar-refractivity contribution is -0.127. The normalized spacial score (nSPS) is 12.3. The second kappa shape index (κ2) is 4.88. The van der Waals surface area contributed by atoms with Crippen LogP contribution in [0.25, 0.3) is 0 Å². The number of rotatable bonds is 4. The third-order valence-electron chi connectivity index (χ3n) is 1.43. The minimum Gasteiger partial charge on any atom is -0.353 e. The molecule has 0 aromatic rings. The smallest absolute Gasteiger partial charge is 0.227 e. The maximum Gasteiger partial charge on any atom is 0.227 e. The highest BCUT2D eigenvalue weighted by Gasteiger charge is 2.06. The Kier molecular flexibility index (Phi) is 4.50. The third-order valence-corrected chi connectivity index (χ3v) is 1.43. The summed E-state index contributed by atoms with van der Waals surface area (Å²) < 4.78 is 0. The predicted octanol–water partition coefficient (Wildman–Crippen LogP) is 0.880. The number of hydrogen-bond donors (Lipinski definition) is 1. The number of ketones is 1. The lowest BCUT2D eigenvalue weighted by Gasteiger charge is -2.09. The predicted molar refractivity (Wildman–Crippen MR) is 43.2 cm³/mol. The van der Waals surface area contributed by atoms with Crippen LogP contribution in [0.1, 0.15) is 33.6 Å². The van der Waals surface area contributed by atoms with Crippen molar-refractivity contribution in [3.05, 3.63) is 0 Å². The zero-order valence-corrected chi connectivity index (χ0v) is 7.31. The van der Waals surface area contributed by atoms with Crippen molar-refractivity contribution in [1.82, 2.24) is 5.32 Å². The first-order chi connectivity index (χ1) is 5.06. The van der Waals surface area contributed by atoms with E-state index in [0.29, 0.717) is 0 Å². The number of carbonyl (C=O) groups is 2. The molecule has 64 valence electrons. The van der Waals surface area contributed by atoms with Crippen LogP contribution in [0.4, 0.5) is 0 Å². The van der Waals surface area contributed by atoms with Gasteiger partial charge in [0.25, 0.3) is 0 Å². The van der Waals surface area contributed by atoms with Crippen LogP contribution in [0.15, 0.2) is 0 Å². The van der Waals surface area contributed by atoms with Gasteiger partial charge in [-0.2, -0.15) is 0 Å². The fourth-order valence-electron chi connectivity index (χ4n) is 0.654. The summed E-state index contributed by atoms with van der Waals surface area (Å²) in [5, 5.41) is 2.70. The second-order valence-corrected chi connectivity index (χ2v) is 2.76. The van der Waals surface area contributed by atoms with E-state index in [0.717, 1.165) is 6.42 Å². The minimum absolute atomic E-state index is 0.00431. The van der Waals surface area contributed by atoms with Gasteiger partial charge in [0.15, 0.2) is 0 Å². The van der Waals surface area contributed by atoms with Gasteiger partial charge in [0.05, 0.1) is 6.42 Å². The highest BCUT2D eigenvalue weighted by Crippen LogP contribution is 1.89. The summed E-state index contributed by atoms with van der Waals surface area (Å²) in [4.78, 5) is 21.4. The zero-order valence-electron chi connectivity index (χ0n) is 7.31. The molecule has 0 aromatic heterocycles. The van der Waals surface area contributed by atoms with Gasteiger partial charge in [-0.15, -0.1) is 0 Å². The summed E-state index contributed by atoms with van der Waals surface area (Å²) >= 11 is 0. The molecule has 1 N–H and O–H groups in total. The van der Waals surface area contributed by atoms with Gasteiger partial charge in [-0.25, -0.2) is 0 Å². The second-order valence-electron chi connectivity index (χ2n) is 2.76. The molecule has 0 aliphatic rings. The van der Waals surface area contributed by atoms with Gasteiger partial charge < -0.3 is 5.32 Å². The van der Waals surface area contributed by atoms with Crippen LogP contribution in [0, 0.1) is 0 Å². The minimum atomic E-state index is -0.174. The molecule has 0 heterocycles. The third kappa shape index (κ3) is 5.58. The molecule has 3 nitrogen and oxygen atoms in total. The van der Waals surface area contributed by atoms with E-state index >= 15 is 0 Å². The lowest BCUT2D eigenvalue weighted by atomic mass is 10.2. The van der Waals surface area contributed by atoms with Crippen LogP contribution in [0.2, 0.25) is 0 Å². The first kappa shape index (κ1) is 10.1. The topological polar surface area (TPSA) is 46.2 Å². The molecule has 0 unspecified atom stereocenters. The molecule has 0 aliphatic carbocycles. The average molecular weight is 157 g/mol. The maximum atomic E-state index is 10.9. The number of nitrogens with one attached hydrogen (secondary N) is 1. The van der Waals surface area contributed by atoms with E-state index in [-0.39, 0.29) is 24.2 Å². The molecule has 0 saturated carbocycles. The highest BCUT2D eigenvalue weighted by atomic mass is 16.2. The van der Waals surface area contributed by atoms with E-state index in [1.54, 1.807) is 0 Å². The van der Waals surface area contributed by atoms with E-state index < -0.39 is 0 Å². The van der Waals surface area contributed by atoms with Gasteiger partial charge in [0, 0.05) is 6.04 Å². The summed E-state index contributed by atoms with van der Waals surface area (Å²) in [5.41, 5.74) is 0. The van der Waals surface area contributed by atoms with Gasteiger partial charge in [-0.05, 0) is 20.3 Å². The van der Waals surface area contributed by atoms with E-state index in [2.05, 4.69) is 5.32 Å². The number of Topliss-reactive ketones (excluding diaryl/α,β-unsaturated/α-hetero) is 1. The molecule has 3 heteroatoms. The van der Waals surface area contributed by atoms with Crippen LogP contribution in [-0.4, -0.2) is 17.7 Å². The monoisotopic (exact) mass is 157 g/mol. The van der Waals surface area contributed by atoms with E-state index in [9.17, 15) is 9.59 Å². The van der Waals surface area contributed by atoms with Crippen molar-refractivity contribution in [3.8, 4) is 0 Å². The first-order valence-electron chi connectivity index (χ1n) is 3.85. The molecule has 0 aliphatic heterocycles.